The molecular weight excluding hydrogens is 671 g/mol. The van der Waals surface area contributed by atoms with E-state index in [1.54, 1.807) is 0 Å². The minimum atomic E-state index is 1.10. The number of rotatable bonds is 7. The van der Waals surface area contributed by atoms with Gasteiger partial charge in [0.15, 0.2) is 0 Å². The number of hydrogen-bond acceptors (Lipinski definition) is 2. The first kappa shape index (κ1) is 32.0. The number of benzene rings is 9. The Balaban J connectivity index is 1.07. The SMILES string of the molecule is c1ccc(-c2cccc(-c3ccc(N(c4ccc(-c5cccc6sc7ccccc7c56)cc4)c4cccc(-c5cccc6ccccc56)c4)cc3)c2)cc1. The molecule has 1 aromatic heterocycles. The Morgan fingerprint density at radius 2 is 0.833 bits per heavy atom. The maximum Gasteiger partial charge on any atom is 0.0467 e. The van der Waals surface area contributed by atoms with Crippen molar-refractivity contribution in [3.05, 3.63) is 212 Å². The highest BCUT2D eigenvalue weighted by Crippen LogP contribution is 2.42. The Labute approximate surface area is 319 Å². The zero-order chi connectivity index (χ0) is 35.8. The van der Waals surface area contributed by atoms with E-state index in [2.05, 4.69) is 217 Å². The average Bonchev–Trinajstić information content (AvgIpc) is 3.64. The van der Waals surface area contributed by atoms with Crippen molar-refractivity contribution in [2.45, 2.75) is 0 Å². The Morgan fingerprint density at radius 1 is 0.296 bits per heavy atom. The lowest BCUT2D eigenvalue weighted by Crippen LogP contribution is -2.10. The lowest BCUT2D eigenvalue weighted by molar-refractivity contribution is 1.28. The van der Waals surface area contributed by atoms with Crippen LogP contribution in [0.4, 0.5) is 17.1 Å². The minimum absolute atomic E-state index is 1.10. The van der Waals surface area contributed by atoms with Crippen LogP contribution in [-0.4, -0.2) is 0 Å². The molecule has 10 aromatic rings. The van der Waals surface area contributed by atoms with Crippen LogP contribution in [0.15, 0.2) is 212 Å². The molecule has 54 heavy (non-hydrogen) atoms. The van der Waals surface area contributed by atoms with Gasteiger partial charge in [0.2, 0.25) is 0 Å². The molecule has 0 unspecified atom stereocenters. The Hall–Kier alpha value is -6.74. The first-order chi connectivity index (χ1) is 26.8. The predicted molar refractivity (Wildman–Crippen MR) is 233 cm³/mol. The van der Waals surface area contributed by atoms with Gasteiger partial charge in [-0.25, -0.2) is 0 Å². The molecule has 0 aliphatic rings. The third-order valence-electron chi connectivity index (χ3n) is 10.5. The van der Waals surface area contributed by atoms with E-state index in [9.17, 15) is 0 Å². The van der Waals surface area contributed by atoms with Crippen LogP contribution in [0.25, 0.3) is 75.5 Å². The van der Waals surface area contributed by atoms with Gasteiger partial charge in [-0.3, -0.25) is 0 Å². The fourth-order valence-corrected chi connectivity index (χ4v) is 8.99. The quantitative estimate of drug-likeness (QED) is 0.160. The van der Waals surface area contributed by atoms with Gasteiger partial charge < -0.3 is 4.90 Å². The summed E-state index contributed by atoms with van der Waals surface area (Å²) in [6.07, 6.45) is 0. The third kappa shape index (κ3) is 5.84. The van der Waals surface area contributed by atoms with E-state index in [1.165, 1.54) is 75.5 Å². The zero-order valence-corrected chi connectivity index (χ0v) is 30.4. The van der Waals surface area contributed by atoms with Crippen LogP contribution >= 0.6 is 11.3 Å². The predicted octanol–water partition coefficient (Wildman–Crippen LogP) is 15.3. The van der Waals surface area contributed by atoms with Crippen molar-refractivity contribution in [2.75, 3.05) is 4.90 Å². The molecule has 0 saturated carbocycles. The number of nitrogens with zero attached hydrogens (tertiary/aromatic N) is 1. The monoisotopic (exact) mass is 705 g/mol. The number of anilines is 3. The molecule has 1 heterocycles. The summed E-state index contributed by atoms with van der Waals surface area (Å²) in [4.78, 5) is 2.38. The topological polar surface area (TPSA) is 3.24 Å². The van der Waals surface area contributed by atoms with Crippen LogP contribution < -0.4 is 4.90 Å². The summed E-state index contributed by atoms with van der Waals surface area (Å²) < 4.78 is 2.64. The Kier molecular flexibility index (Phi) is 8.09. The van der Waals surface area contributed by atoms with Gasteiger partial charge >= 0.3 is 0 Å². The molecule has 0 aliphatic heterocycles. The van der Waals surface area contributed by atoms with Crippen LogP contribution in [-0.2, 0) is 0 Å². The van der Waals surface area contributed by atoms with Crippen molar-refractivity contribution in [2.24, 2.45) is 0 Å². The second-order valence-electron chi connectivity index (χ2n) is 13.7. The standard InChI is InChI=1S/C52H35NS/c1-2-12-36(13-3-1)40-16-8-17-41(34-40)37-26-30-43(31-27-37)53(45-19-9-18-42(35-45)47-22-10-15-38-14-4-5-20-46(38)47)44-32-28-39(29-33-44)48-23-11-25-51-52(48)49-21-6-7-24-50(49)54-51/h1-35H. The normalized spacial score (nSPS) is 11.3. The van der Waals surface area contributed by atoms with Gasteiger partial charge in [-0.2, -0.15) is 0 Å². The molecule has 254 valence electrons. The van der Waals surface area contributed by atoms with Gasteiger partial charge in [-0.15, -0.1) is 11.3 Å². The first-order valence-electron chi connectivity index (χ1n) is 18.4. The second kappa shape index (κ2) is 13.7. The minimum Gasteiger partial charge on any atom is -0.310 e. The van der Waals surface area contributed by atoms with Crippen molar-refractivity contribution >= 4 is 59.3 Å². The molecule has 0 bridgehead atoms. The van der Waals surface area contributed by atoms with E-state index in [4.69, 9.17) is 0 Å². The molecule has 0 atom stereocenters. The van der Waals surface area contributed by atoms with Crippen molar-refractivity contribution in [1.82, 2.24) is 0 Å². The van der Waals surface area contributed by atoms with Crippen LogP contribution in [0.1, 0.15) is 0 Å². The highest BCUT2D eigenvalue weighted by molar-refractivity contribution is 7.25. The molecule has 0 aliphatic carbocycles. The molecular formula is C52H35NS. The molecule has 10 rings (SSSR count). The Morgan fingerprint density at radius 3 is 1.63 bits per heavy atom. The maximum atomic E-state index is 2.38. The molecule has 0 saturated heterocycles. The summed E-state index contributed by atoms with van der Waals surface area (Å²) in [5.41, 5.74) is 13.1. The molecule has 0 fully saturated rings. The van der Waals surface area contributed by atoms with E-state index < -0.39 is 0 Å². The fraction of sp³-hybridized carbons (Fsp3) is 0. The van der Waals surface area contributed by atoms with E-state index in [0.717, 1.165) is 17.1 Å². The van der Waals surface area contributed by atoms with E-state index in [1.807, 2.05) is 11.3 Å². The highest BCUT2D eigenvalue weighted by Gasteiger charge is 2.16. The second-order valence-corrected chi connectivity index (χ2v) is 14.8. The van der Waals surface area contributed by atoms with Gasteiger partial charge in [0.05, 0.1) is 0 Å². The van der Waals surface area contributed by atoms with Crippen molar-refractivity contribution < 1.29 is 0 Å². The molecule has 0 N–H and O–H groups in total. The summed E-state index contributed by atoms with van der Waals surface area (Å²) in [5, 5.41) is 5.15. The third-order valence-corrected chi connectivity index (χ3v) is 11.6. The van der Waals surface area contributed by atoms with Crippen molar-refractivity contribution in [3.8, 4) is 44.5 Å². The summed E-state index contributed by atoms with van der Waals surface area (Å²) in [5.74, 6) is 0. The van der Waals surface area contributed by atoms with Gasteiger partial charge in [-0.1, -0.05) is 158 Å². The summed E-state index contributed by atoms with van der Waals surface area (Å²) in [6.45, 7) is 0. The molecule has 0 spiro atoms. The number of thiophene rings is 1. The van der Waals surface area contributed by atoms with Crippen molar-refractivity contribution in [3.63, 3.8) is 0 Å². The van der Waals surface area contributed by atoms with Gasteiger partial charge in [0, 0.05) is 37.2 Å². The number of hydrogen-bond donors (Lipinski definition) is 0. The van der Waals surface area contributed by atoms with E-state index >= 15 is 0 Å². The van der Waals surface area contributed by atoms with Crippen molar-refractivity contribution in [1.29, 1.82) is 0 Å². The maximum absolute atomic E-state index is 2.38. The average molecular weight is 706 g/mol. The fourth-order valence-electron chi connectivity index (χ4n) is 7.85. The van der Waals surface area contributed by atoms with Crippen LogP contribution in [0.3, 0.4) is 0 Å². The Bertz CT molecular complexity index is 2920. The molecule has 2 heteroatoms. The lowest BCUT2D eigenvalue weighted by Gasteiger charge is -2.26. The zero-order valence-electron chi connectivity index (χ0n) is 29.6. The summed E-state index contributed by atoms with van der Waals surface area (Å²) in [7, 11) is 0. The van der Waals surface area contributed by atoms with Gasteiger partial charge in [-0.05, 0) is 110 Å². The number of fused-ring (bicyclic) bond motifs is 4. The largest absolute Gasteiger partial charge is 0.310 e. The lowest BCUT2D eigenvalue weighted by atomic mass is 9.97. The molecule has 0 amide bonds. The van der Waals surface area contributed by atoms with Gasteiger partial charge in [0.1, 0.15) is 0 Å². The highest BCUT2D eigenvalue weighted by atomic mass is 32.1. The smallest absolute Gasteiger partial charge is 0.0467 e. The molecule has 9 aromatic carbocycles. The summed E-state index contributed by atoms with van der Waals surface area (Å²) >= 11 is 1.86. The van der Waals surface area contributed by atoms with Crippen LogP contribution in [0.2, 0.25) is 0 Å². The summed E-state index contributed by atoms with van der Waals surface area (Å²) in [6, 6.07) is 77.1. The van der Waals surface area contributed by atoms with Crippen LogP contribution in [0, 0.1) is 0 Å². The molecule has 1 nitrogen and oxygen atoms in total. The first-order valence-corrected chi connectivity index (χ1v) is 19.2. The van der Waals surface area contributed by atoms with Gasteiger partial charge in [0.25, 0.3) is 0 Å². The van der Waals surface area contributed by atoms with Crippen LogP contribution in [0.5, 0.6) is 0 Å². The van der Waals surface area contributed by atoms with E-state index in [-0.39, 0.29) is 0 Å². The molecule has 0 radical (unpaired) electrons. The van der Waals surface area contributed by atoms with E-state index in [0.29, 0.717) is 0 Å².